The van der Waals surface area contributed by atoms with E-state index in [0.29, 0.717) is 0 Å². The molecule has 1 rings (SSSR count). The molecule has 1 aromatic carbocycles. The monoisotopic (exact) mass is 232 g/mol. The molecule has 0 N–H and O–H groups in total. The first-order valence-electron chi connectivity index (χ1n) is 6.95. The van der Waals surface area contributed by atoms with Crippen LogP contribution in [0, 0.1) is 0 Å². The molecule has 0 aliphatic carbocycles. The Labute approximate surface area is 108 Å². The lowest BCUT2D eigenvalue weighted by Crippen LogP contribution is -1.78. The van der Waals surface area contributed by atoms with Gasteiger partial charge in [0, 0.05) is 0 Å². The van der Waals surface area contributed by atoms with E-state index in [9.17, 15) is 0 Å². The lowest BCUT2D eigenvalue weighted by molar-refractivity contribution is 0.807. The smallest absolute Gasteiger partial charge is 0.0281 e. The number of rotatable bonds is 6. The van der Waals surface area contributed by atoms with E-state index in [0.717, 1.165) is 0 Å². The highest BCUT2D eigenvalue weighted by atomic mass is 13.9. The predicted octanol–water partition coefficient (Wildman–Crippen LogP) is 5.78. The number of aryl methyl sites for hydroxylation is 1. The van der Waals surface area contributed by atoms with Gasteiger partial charge < -0.3 is 0 Å². The maximum Gasteiger partial charge on any atom is -0.0281 e. The average molecular weight is 232 g/mol. The summed E-state index contributed by atoms with van der Waals surface area (Å²) >= 11 is 0. The zero-order valence-electron chi connectivity index (χ0n) is 11.8. The summed E-state index contributed by atoms with van der Waals surface area (Å²) in [6.45, 7) is 10.5. The molecule has 0 spiro atoms. The van der Waals surface area contributed by atoms with Crippen LogP contribution in [0.1, 0.15) is 58.4 Å². The fourth-order valence-corrected chi connectivity index (χ4v) is 1.77. The Morgan fingerprint density at radius 3 is 1.82 bits per heavy atom. The topological polar surface area (TPSA) is 0 Å². The maximum atomic E-state index is 3.93. The van der Waals surface area contributed by atoms with Crippen molar-refractivity contribution >= 4 is 0 Å². The van der Waals surface area contributed by atoms with Gasteiger partial charge in [-0.25, -0.2) is 0 Å². The minimum Gasteiger partial charge on any atom is -0.0999 e. The first-order chi connectivity index (χ1) is 8.24. The zero-order valence-corrected chi connectivity index (χ0v) is 11.8. The summed E-state index contributed by atoms with van der Waals surface area (Å²) < 4.78 is 0. The molecule has 0 unspecified atom stereocenters. The van der Waals surface area contributed by atoms with Crippen LogP contribution in [0.15, 0.2) is 42.5 Å². The van der Waals surface area contributed by atoms with E-state index in [4.69, 9.17) is 0 Å². The summed E-state index contributed by atoms with van der Waals surface area (Å²) in [5.74, 6) is 0. The molecule has 0 aromatic heterocycles. The van der Waals surface area contributed by atoms with Crippen LogP contribution in [0.4, 0.5) is 0 Å². The summed E-state index contributed by atoms with van der Waals surface area (Å²) in [7, 11) is 0. The van der Waals surface area contributed by atoms with Gasteiger partial charge in [0.25, 0.3) is 0 Å². The van der Waals surface area contributed by atoms with Crippen LogP contribution >= 0.6 is 0 Å². The van der Waals surface area contributed by atoms with Gasteiger partial charge in [0.05, 0.1) is 0 Å². The molecule has 0 nitrogen and oxygen atoms in total. The molecule has 0 saturated carbocycles. The van der Waals surface area contributed by atoms with Crippen LogP contribution in [0.3, 0.4) is 0 Å². The molecule has 0 aliphatic rings. The van der Waals surface area contributed by atoms with Crippen molar-refractivity contribution in [3.05, 3.63) is 48.0 Å². The first-order valence-corrected chi connectivity index (χ1v) is 6.95. The standard InChI is InChI=1S/C9H12.C8H16/c1-2-6-9-7-4-3-5-8-9;1-4-6-8(3)7-5-2/h3-5,7-8H,2,6H2,1H3;3-7H2,1-2H3. The lowest BCUT2D eigenvalue weighted by atomic mass is 10.1. The first kappa shape index (κ1) is 16.0. The van der Waals surface area contributed by atoms with Crippen molar-refractivity contribution in [2.24, 2.45) is 0 Å². The van der Waals surface area contributed by atoms with E-state index in [1.807, 2.05) is 0 Å². The fourth-order valence-electron chi connectivity index (χ4n) is 1.77. The molecule has 1 aromatic rings. The van der Waals surface area contributed by atoms with Crippen molar-refractivity contribution in [2.45, 2.75) is 59.3 Å². The second-order valence-corrected chi connectivity index (χ2v) is 4.49. The van der Waals surface area contributed by atoms with Gasteiger partial charge in [-0.3, -0.25) is 0 Å². The zero-order chi connectivity index (χ0) is 12.9. The van der Waals surface area contributed by atoms with Crippen LogP contribution in [0.2, 0.25) is 0 Å². The molecule has 0 fully saturated rings. The normalized spacial score (nSPS) is 9.35. The Kier molecular flexibility index (Phi) is 10.7. The van der Waals surface area contributed by atoms with Crippen LogP contribution < -0.4 is 0 Å². The third kappa shape index (κ3) is 9.86. The van der Waals surface area contributed by atoms with Gasteiger partial charge in [-0.2, -0.15) is 0 Å². The minimum atomic E-state index is 1.21. The van der Waals surface area contributed by atoms with Crippen molar-refractivity contribution in [3.8, 4) is 0 Å². The van der Waals surface area contributed by atoms with E-state index in [1.165, 1.54) is 49.7 Å². The van der Waals surface area contributed by atoms with Gasteiger partial charge in [0.2, 0.25) is 0 Å². The molecule has 0 heteroatoms. The number of hydrogen-bond donors (Lipinski definition) is 0. The minimum absolute atomic E-state index is 1.21. The van der Waals surface area contributed by atoms with Crippen LogP contribution in [0.25, 0.3) is 0 Å². The molecule has 96 valence electrons. The van der Waals surface area contributed by atoms with Gasteiger partial charge in [-0.15, -0.1) is 0 Å². The second kappa shape index (κ2) is 11.4. The largest absolute Gasteiger partial charge is 0.0999 e. The quantitative estimate of drug-likeness (QED) is 0.545. The summed E-state index contributed by atoms with van der Waals surface area (Å²) in [6.07, 6.45) is 7.38. The summed E-state index contributed by atoms with van der Waals surface area (Å²) in [6, 6.07) is 10.6. The van der Waals surface area contributed by atoms with Crippen LogP contribution in [-0.4, -0.2) is 0 Å². The highest BCUT2D eigenvalue weighted by molar-refractivity contribution is 5.14. The molecule has 0 atom stereocenters. The van der Waals surface area contributed by atoms with Crippen molar-refractivity contribution < 1.29 is 0 Å². The summed E-state index contributed by atoms with van der Waals surface area (Å²) in [4.78, 5) is 0. The Morgan fingerprint density at radius 1 is 0.882 bits per heavy atom. The highest BCUT2D eigenvalue weighted by Gasteiger charge is 1.87. The van der Waals surface area contributed by atoms with Gasteiger partial charge in [-0.05, 0) is 24.8 Å². The van der Waals surface area contributed by atoms with Gasteiger partial charge >= 0.3 is 0 Å². The third-order valence-electron chi connectivity index (χ3n) is 2.59. The fraction of sp³-hybridized carbons (Fsp3) is 0.529. The SMILES string of the molecule is C=C(CCC)CCC.CCCc1ccccc1. The second-order valence-electron chi connectivity index (χ2n) is 4.49. The molecule has 0 heterocycles. The number of allylic oxidation sites excluding steroid dienone is 1. The van der Waals surface area contributed by atoms with E-state index >= 15 is 0 Å². The van der Waals surface area contributed by atoms with Gasteiger partial charge in [0.1, 0.15) is 0 Å². The summed E-state index contributed by atoms with van der Waals surface area (Å²) in [5.41, 5.74) is 2.86. The average Bonchev–Trinajstić information content (AvgIpc) is 2.32. The molecule has 0 aliphatic heterocycles. The van der Waals surface area contributed by atoms with Crippen molar-refractivity contribution in [3.63, 3.8) is 0 Å². The van der Waals surface area contributed by atoms with Gasteiger partial charge in [-0.1, -0.05) is 82.5 Å². The Morgan fingerprint density at radius 2 is 1.41 bits per heavy atom. The van der Waals surface area contributed by atoms with E-state index < -0.39 is 0 Å². The predicted molar refractivity (Wildman–Crippen MR) is 79.4 cm³/mol. The number of benzene rings is 1. The Hall–Kier alpha value is -1.04. The van der Waals surface area contributed by atoms with Crippen molar-refractivity contribution in [1.29, 1.82) is 0 Å². The molecule has 17 heavy (non-hydrogen) atoms. The van der Waals surface area contributed by atoms with E-state index in [1.54, 1.807) is 0 Å². The summed E-state index contributed by atoms with van der Waals surface area (Å²) in [5, 5.41) is 0. The van der Waals surface area contributed by atoms with Crippen molar-refractivity contribution in [1.82, 2.24) is 0 Å². The van der Waals surface area contributed by atoms with Crippen LogP contribution in [-0.2, 0) is 6.42 Å². The highest BCUT2D eigenvalue weighted by Crippen LogP contribution is 2.07. The van der Waals surface area contributed by atoms with E-state index in [2.05, 4.69) is 57.7 Å². The molecule has 0 saturated heterocycles. The molecule has 0 radical (unpaired) electrons. The maximum absolute atomic E-state index is 3.93. The third-order valence-corrected chi connectivity index (χ3v) is 2.59. The Bertz CT molecular complexity index is 263. The molecule has 0 amide bonds. The molecule has 0 bridgehead atoms. The van der Waals surface area contributed by atoms with Crippen molar-refractivity contribution in [2.75, 3.05) is 0 Å². The molecular weight excluding hydrogens is 204 g/mol. The van der Waals surface area contributed by atoms with Gasteiger partial charge in [0.15, 0.2) is 0 Å². The van der Waals surface area contributed by atoms with Crippen LogP contribution in [0.5, 0.6) is 0 Å². The Balaban J connectivity index is 0.000000304. The number of hydrogen-bond acceptors (Lipinski definition) is 0. The van der Waals surface area contributed by atoms with E-state index in [-0.39, 0.29) is 0 Å². The molecular formula is C17H28. The lowest BCUT2D eigenvalue weighted by Gasteiger charge is -1.97.